The Morgan fingerprint density at radius 3 is 2.70 bits per heavy atom. The number of aryl methyl sites for hydroxylation is 1. The lowest BCUT2D eigenvalue weighted by Crippen LogP contribution is -2.48. The number of hydrazine groups is 1. The number of hydrogen-bond donors (Lipinski definition) is 2. The van der Waals surface area contributed by atoms with Crippen molar-refractivity contribution in [1.82, 2.24) is 19.9 Å². The van der Waals surface area contributed by atoms with Crippen LogP contribution in [0.15, 0.2) is 16.3 Å². The Morgan fingerprint density at radius 2 is 2.25 bits per heavy atom. The third-order valence-electron chi connectivity index (χ3n) is 3.14. The first-order chi connectivity index (χ1) is 9.30. The van der Waals surface area contributed by atoms with Gasteiger partial charge in [0, 0.05) is 21.1 Å². The Labute approximate surface area is 119 Å². The molecule has 3 N–H and O–H groups in total. The fourth-order valence-electron chi connectivity index (χ4n) is 1.80. The maximum atomic E-state index is 12.2. The van der Waals surface area contributed by atoms with Gasteiger partial charge in [0.25, 0.3) is 0 Å². The number of aromatic nitrogens is 2. The monoisotopic (exact) mass is 302 g/mol. The lowest BCUT2D eigenvalue weighted by Gasteiger charge is -2.26. The van der Waals surface area contributed by atoms with E-state index in [2.05, 4.69) is 15.4 Å². The summed E-state index contributed by atoms with van der Waals surface area (Å²) in [6.07, 6.45) is 1.25. The molecule has 1 unspecified atom stereocenters. The molecule has 0 saturated heterocycles. The second-order valence-electron chi connectivity index (χ2n) is 4.41. The maximum Gasteiger partial charge on any atom is 0.195 e. The van der Waals surface area contributed by atoms with E-state index in [4.69, 9.17) is 5.84 Å². The minimum atomic E-state index is -3.40. The summed E-state index contributed by atoms with van der Waals surface area (Å²) in [5, 5.41) is 0.164. The van der Waals surface area contributed by atoms with Crippen LogP contribution < -0.4 is 11.3 Å². The van der Waals surface area contributed by atoms with Gasteiger partial charge in [-0.2, -0.15) is 0 Å². The number of imidazole rings is 1. The highest BCUT2D eigenvalue weighted by Crippen LogP contribution is 2.18. The molecule has 8 nitrogen and oxygen atoms in total. The van der Waals surface area contributed by atoms with Crippen LogP contribution in [0.25, 0.3) is 0 Å². The Kier molecular flexibility index (Phi) is 5.26. The summed E-state index contributed by atoms with van der Waals surface area (Å²) in [5.41, 5.74) is 2.92. The van der Waals surface area contributed by atoms with Gasteiger partial charge in [0.2, 0.25) is 0 Å². The SMILES string of the molecule is CCS(=O)(=O)c1c(C(=NC)N(C)C(C)NN)ncn1C. The minimum absolute atomic E-state index is 0.00490. The molecular formula is C11H22N6O2S. The molecule has 20 heavy (non-hydrogen) atoms. The van der Waals surface area contributed by atoms with Crippen molar-refractivity contribution in [3.05, 3.63) is 12.0 Å². The van der Waals surface area contributed by atoms with E-state index >= 15 is 0 Å². The molecule has 0 saturated carbocycles. The number of rotatable bonds is 5. The first kappa shape index (κ1) is 16.6. The summed E-state index contributed by atoms with van der Waals surface area (Å²) >= 11 is 0. The zero-order valence-corrected chi connectivity index (χ0v) is 13.3. The smallest absolute Gasteiger partial charge is 0.195 e. The average molecular weight is 302 g/mol. The molecule has 0 aliphatic heterocycles. The Balaban J connectivity index is 3.40. The van der Waals surface area contributed by atoms with Crippen molar-refractivity contribution in [2.24, 2.45) is 17.9 Å². The molecule has 1 heterocycles. The number of nitrogens with two attached hydrogens (primary N) is 1. The van der Waals surface area contributed by atoms with Gasteiger partial charge in [0.05, 0.1) is 18.2 Å². The van der Waals surface area contributed by atoms with E-state index in [-0.39, 0.29) is 16.9 Å². The van der Waals surface area contributed by atoms with Crippen LogP contribution in [0.1, 0.15) is 19.5 Å². The van der Waals surface area contributed by atoms with Gasteiger partial charge in [0.15, 0.2) is 20.7 Å². The second-order valence-corrected chi connectivity index (χ2v) is 6.61. The molecule has 0 aliphatic carbocycles. The Hall–Kier alpha value is -1.45. The molecule has 1 aromatic heterocycles. The zero-order chi connectivity index (χ0) is 15.5. The largest absolute Gasteiger partial charge is 0.342 e. The summed E-state index contributed by atoms with van der Waals surface area (Å²) in [5.74, 6) is 5.87. The van der Waals surface area contributed by atoms with Crippen LogP contribution in [0.4, 0.5) is 0 Å². The summed E-state index contributed by atoms with van der Waals surface area (Å²) in [4.78, 5) is 10.1. The highest BCUT2D eigenvalue weighted by molar-refractivity contribution is 7.91. The van der Waals surface area contributed by atoms with Crippen LogP contribution in [0.2, 0.25) is 0 Å². The van der Waals surface area contributed by atoms with E-state index in [1.807, 2.05) is 6.92 Å². The van der Waals surface area contributed by atoms with E-state index in [9.17, 15) is 8.42 Å². The van der Waals surface area contributed by atoms with Gasteiger partial charge in [-0.25, -0.2) is 18.8 Å². The van der Waals surface area contributed by atoms with E-state index in [0.717, 1.165) is 0 Å². The average Bonchev–Trinajstić information content (AvgIpc) is 2.81. The first-order valence-electron chi connectivity index (χ1n) is 6.20. The van der Waals surface area contributed by atoms with Crippen LogP contribution in [0, 0.1) is 0 Å². The van der Waals surface area contributed by atoms with Crippen molar-refractivity contribution in [2.75, 3.05) is 19.8 Å². The topological polar surface area (TPSA) is 106 Å². The van der Waals surface area contributed by atoms with Gasteiger partial charge in [-0.1, -0.05) is 6.92 Å². The lowest BCUT2D eigenvalue weighted by atomic mass is 10.3. The van der Waals surface area contributed by atoms with Gasteiger partial charge in [-0.05, 0) is 6.92 Å². The van der Waals surface area contributed by atoms with Crippen molar-refractivity contribution in [2.45, 2.75) is 25.0 Å². The van der Waals surface area contributed by atoms with E-state index < -0.39 is 9.84 Å². The van der Waals surface area contributed by atoms with E-state index in [1.54, 1.807) is 33.0 Å². The Bertz CT molecular complexity index is 592. The standard InChI is InChI=1S/C11H22N6O2S/c1-6-20(18,19)11-9(14-7-16(11)4)10(13-3)17(5)8(2)15-12/h7-8,15H,6,12H2,1-5H3. The van der Waals surface area contributed by atoms with Gasteiger partial charge >= 0.3 is 0 Å². The molecule has 9 heteroatoms. The molecule has 1 atom stereocenters. The number of aliphatic imine (C=N–C) groups is 1. The zero-order valence-electron chi connectivity index (χ0n) is 12.5. The van der Waals surface area contributed by atoms with Crippen LogP contribution in [-0.4, -0.2) is 54.7 Å². The first-order valence-corrected chi connectivity index (χ1v) is 7.85. The molecule has 0 aliphatic rings. The minimum Gasteiger partial charge on any atom is -0.342 e. The van der Waals surface area contributed by atoms with Gasteiger partial charge < -0.3 is 9.47 Å². The number of hydrogen-bond acceptors (Lipinski definition) is 6. The van der Waals surface area contributed by atoms with Crippen molar-refractivity contribution < 1.29 is 8.42 Å². The quantitative estimate of drug-likeness (QED) is 0.246. The van der Waals surface area contributed by atoms with Gasteiger partial charge in [-0.15, -0.1) is 0 Å². The lowest BCUT2D eigenvalue weighted by molar-refractivity contribution is 0.331. The van der Waals surface area contributed by atoms with Crippen molar-refractivity contribution >= 4 is 15.7 Å². The van der Waals surface area contributed by atoms with Crippen molar-refractivity contribution in [3.8, 4) is 0 Å². The molecule has 1 aromatic rings. The molecule has 114 valence electrons. The summed E-state index contributed by atoms with van der Waals surface area (Å²) in [7, 11) is 1.61. The number of nitrogens with one attached hydrogen (secondary N) is 1. The van der Waals surface area contributed by atoms with Crippen LogP contribution >= 0.6 is 0 Å². The maximum absolute atomic E-state index is 12.2. The summed E-state index contributed by atoms with van der Waals surface area (Å²) in [6, 6.07) is 0. The van der Waals surface area contributed by atoms with Crippen LogP contribution in [-0.2, 0) is 16.9 Å². The fraction of sp³-hybridized carbons (Fsp3) is 0.636. The van der Waals surface area contributed by atoms with E-state index in [0.29, 0.717) is 11.5 Å². The molecule has 0 amide bonds. The number of nitrogens with zero attached hydrogens (tertiary/aromatic N) is 4. The van der Waals surface area contributed by atoms with Crippen LogP contribution in [0.3, 0.4) is 0 Å². The van der Waals surface area contributed by atoms with Gasteiger partial charge in [-0.3, -0.25) is 10.8 Å². The molecule has 1 rings (SSSR count). The molecule has 0 radical (unpaired) electrons. The fourth-order valence-corrected chi connectivity index (χ4v) is 3.00. The molecule has 0 fully saturated rings. The van der Waals surface area contributed by atoms with Crippen molar-refractivity contribution in [3.63, 3.8) is 0 Å². The molecule has 0 bridgehead atoms. The van der Waals surface area contributed by atoms with E-state index in [1.165, 1.54) is 10.9 Å². The molecule has 0 aromatic carbocycles. The Morgan fingerprint density at radius 1 is 1.65 bits per heavy atom. The molecular weight excluding hydrogens is 280 g/mol. The van der Waals surface area contributed by atoms with Crippen molar-refractivity contribution in [1.29, 1.82) is 0 Å². The highest BCUT2D eigenvalue weighted by atomic mass is 32.2. The number of sulfone groups is 1. The predicted molar refractivity (Wildman–Crippen MR) is 77.9 cm³/mol. The molecule has 0 spiro atoms. The van der Waals surface area contributed by atoms with Crippen LogP contribution in [0.5, 0.6) is 0 Å². The number of amidine groups is 1. The highest BCUT2D eigenvalue weighted by Gasteiger charge is 2.27. The predicted octanol–water partition coefficient (Wildman–Crippen LogP) is -0.669. The summed E-state index contributed by atoms with van der Waals surface area (Å²) in [6.45, 7) is 3.44. The second kappa shape index (κ2) is 6.33. The normalized spacial score (nSPS) is 14.4. The third-order valence-corrected chi connectivity index (χ3v) is 4.97. The summed E-state index contributed by atoms with van der Waals surface area (Å²) < 4.78 is 25.9. The third kappa shape index (κ3) is 3.00. The van der Waals surface area contributed by atoms with Gasteiger partial charge in [0.1, 0.15) is 5.69 Å².